The lowest BCUT2D eigenvalue weighted by molar-refractivity contribution is -0.141. The summed E-state index contributed by atoms with van der Waals surface area (Å²) in [7, 11) is 0. The van der Waals surface area contributed by atoms with Crippen LogP contribution in [0.1, 0.15) is 39.8 Å². The maximum absolute atomic E-state index is 13.0. The van der Waals surface area contributed by atoms with E-state index in [1.54, 1.807) is 38.1 Å². The van der Waals surface area contributed by atoms with Crippen LogP contribution in [0, 0.1) is 6.92 Å². The predicted molar refractivity (Wildman–Crippen MR) is 89.0 cm³/mol. The minimum atomic E-state index is -4.67. The minimum Gasteiger partial charge on any atom is -0.325 e. The second-order valence-corrected chi connectivity index (χ2v) is 6.76. The van der Waals surface area contributed by atoms with Crippen molar-refractivity contribution in [1.29, 1.82) is 0 Å². The van der Waals surface area contributed by atoms with E-state index < -0.39 is 22.7 Å². The van der Waals surface area contributed by atoms with Gasteiger partial charge in [0.2, 0.25) is 0 Å². The second-order valence-electron chi connectivity index (χ2n) is 5.12. The van der Waals surface area contributed by atoms with Crippen molar-refractivity contribution in [3.05, 3.63) is 56.1 Å². The Balaban J connectivity index is 2.29. The summed E-state index contributed by atoms with van der Waals surface area (Å²) in [5.74, 6) is -0.821. The topological polar surface area (TPSA) is 42.0 Å². The summed E-state index contributed by atoms with van der Waals surface area (Å²) in [5, 5.41) is 3.27. The van der Waals surface area contributed by atoms with Gasteiger partial charge in [0.25, 0.3) is 5.91 Å². The maximum Gasteiger partial charge on any atom is 0.435 e. The van der Waals surface area contributed by atoms with Gasteiger partial charge in [-0.2, -0.15) is 13.2 Å². The quantitative estimate of drug-likeness (QED) is 0.791. The molecule has 0 bridgehead atoms. The fourth-order valence-corrected chi connectivity index (χ4v) is 2.97. The lowest BCUT2D eigenvalue weighted by atomic mass is 10.1. The third-order valence-corrected chi connectivity index (χ3v) is 4.57. The number of carbonyl (C=O) groups excluding carboxylic acids is 1. The molecule has 0 aliphatic carbocycles. The van der Waals surface area contributed by atoms with E-state index in [-0.39, 0.29) is 5.01 Å². The van der Waals surface area contributed by atoms with Crippen molar-refractivity contribution in [3.63, 3.8) is 0 Å². The number of hydrogen-bond acceptors (Lipinski definition) is 3. The third kappa shape index (κ3) is 4.15. The number of amides is 1. The van der Waals surface area contributed by atoms with Gasteiger partial charge in [-0.15, -0.1) is 11.3 Å². The monoisotopic (exact) mass is 374 g/mol. The van der Waals surface area contributed by atoms with Gasteiger partial charge in [-0.05, 0) is 44.0 Å². The zero-order valence-corrected chi connectivity index (χ0v) is 14.7. The summed E-state index contributed by atoms with van der Waals surface area (Å²) in [5.41, 5.74) is 0.851. The molecule has 3 nitrogen and oxygen atoms in total. The average molecular weight is 375 g/mol. The number of rotatable bonds is 3. The van der Waals surface area contributed by atoms with Gasteiger partial charge in [-0.1, -0.05) is 23.7 Å². The Hall–Kier alpha value is -1.86. The number of nitrogens with zero attached hydrogens (tertiary/aromatic N) is 1. The Labute approximate surface area is 146 Å². The van der Waals surface area contributed by atoms with Crippen LogP contribution in [0.5, 0.6) is 0 Å². The van der Waals surface area contributed by atoms with Gasteiger partial charge < -0.3 is 5.32 Å². The number of allylic oxidation sites excluding steroid dienone is 2. The molecule has 0 spiro atoms. The summed E-state index contributed by atoms with van der Waals surface area (Å²) < 4.78 is 38.9. The maximum atomic E-state index is 13.0. The molecule has 1 heterocycles. The Bertz CT molecular complexity index is 795. The number of nitrogens with one attached hydrogen (secondary N) is 1. The smallest absolute Gasteiger partial charge is 0.325 e. The zero-order chi connectivity index (χ0) is 18.1. The van der Waals surface area contributed by atoms with Gasteiger partial charge in [-0.25, -0.2) is 4.98 Å². The molecule has 0 saturated carbocycles. The van der Waals surface area contributed by atoms with Crippen LogP contribution in [0.15, 0.2) is 30.0 Å². The van der Waals surface area contributed by atoms with E-state index in [1.807, 2.05) is 0 Å². The van der Waals surface area contributed by atoms with E-state index in [2.05, 4.69) is 10.3 Å². The number of aryl methyl sites for hydroxylation is 1. The fourth-order valence-electron chi connectivity index (χ4n) is 2.01. The number of benzene rings is 1. The molecule has 1 amide bonds. The molecule has 0 aliphatic heterocycles. The van der Waals surface area contributed by atoms with Crippen LogP contribution in [0.3, 0.4) is 0 Å². The second kappa shape index (κ2) is 6.94. The summed E-state index contributed by atoms with van der Waals surface area (Å²) in [6, 6.07) is 6.93. The van der Waals surface area contributed by atoms with E-state index in [9.17, 15) is 18.0 Å². The first-order valence-corrected chi connectivity index (χ1v) is 8.08. The molecule has 0 atom stereocenters. The van der Waals surface area contributed by atoms with E-state index >= 15 is 0 Å². The van der Waals surface area contributed by atoms with E-state index in [4.69, 9.17) is 11.6 Å². The zero-order valence-electron chi connectivity index (χ0n) is 13.1. The van der Waals surface area contributed by atoms with Crippen molar-refractivity contribution in [3.8, 4) is 0 Å². The number of alkyl halides is 3. The van der Waals surface area contributed by atoms with Crippen molar-refractivity contribution >= 4 is 34.4 Å². The summed E-state index contributed by atoms with van der Waals surface area (Å²) in [6.07, 6.45) is -4.67. The molecule has 1 aromatic carbocycles. The highest BCUT2D eigenvalue weighted by Crippen LogP contribution is 2.34. The molecule has 128 valence electrons. The minimum absolute atomic E-state index is 0.184. The standard InChI is InChI=1S/C16H14ClF3N2OS/c1-8(11-4-6-12(17)7-5-11)9(2)21-15(23)13-14(16(18,19)20)22-10(3)24-13/h4-7H,1-3H3,(H,21,23)/b9-8+. The lowest BCUT2D eigenvalue weighted by Crippen LogP contribution is -2.24. The molecular weight excluding hydrogens is 361 g/mol. The van der Waals surface area contributed by atoms with E-state index in [0.29, 0.717) is 10.7 Å². The number of hydrogen-bond donors (Lipinski definition) is 1. The highest BCUT2D eigenvalue weighted by molar-refractivity contribution is 7.13. The Morgan fingerprint density at radius 2 is 1.79 bits per heavy atom. The van der Waals surface area contributed by atoms with Crippen LogP contribution in [-0.2, 0) is 6.18 Å². The highest BCUT2D eigenvalue weighted by atomic mass is 35.5. The van der Waals surface area contributed by atoms with Crippen LogP contribution in [-0.4, -0.2) is 10.9 Å². The van der Waals surface area contributed by atoms with Crippen LogP contribution in [0.4, 0.5) is 13.2 Å². The van der Waals surface area contributed by atoms with Gasteiger partial charge >= 0.3 is 6.18 Å². The lowest BCUT2D eigenvalue weighted by Gasteiger charge is -2.11. The largest absolute Gasteiger partial charge is 0.435 e. The molecule has 8 heteroatoms. The summed E-state index contributed by atoms with van der Waals surface area (Å²) >= 11 is 6.54. The van der Waals surface area contributed by atoms with Gasteiger partial charge in [0, 0.05) is 10.7 Å². The summed E-state index contributed by atoms with van der Waals surface area (Å²) in [6.45, 7) is 4.82. The predicted octanol–water partition coefficient (Wildman–Crippen LogP) is 5.30. The molecule has 24 heavy (non-hydrogen) atoms. The van der Waals surface area contributed by atoms with Crippen molar-refractivity contribution in [2.24, 2.45) is 0 Å². The molecular formula is C16H14ClF3N2OS. The first kappa shape index (κ1) is 18.5. The molecule has 2 rings (SSSR count). The van der Waals surface area contributed by atoms with Gasteiger partial charge in [0.1, 0.15) is 4.88 Å². The Kier molecular flexibility index (Phi) is 5.35. The molecule has 1 N–H and O–H groups in total. The normalized spacial score (nSPS) is 12.8. The number of carbonyl (C=O) groups is 1. The average Bonchev–Trinajstić information content (AvgIpc) is 2.89. The fraction of sp³-hybridized carbons (Fsp3) is 0.250. The first-order valence-electron chi connectivity index (χ1n) is 6.89. The van der Waals surface area contributed by atoms with Gasteiger partial charge in [0.05, 0.1) is 5.01 Å². The Morgan fingerprint density at radius 3 is 2.33 bits per heavy atom. The van der Waals surface area contributed by atoms with Crippen LogP contribution in [0.25, 0.3) is 5.57 Å². The SMILES string of the molecule is C/C(NC(=O)c1sc(C)nc1C(F)(F)F)=C(/C)c1ccc(Cl)cc1. The third-order valence-electron chi connectivity index (χ3n) is 3.35. The highest BCUT2D eigenvalue weighted by Gasteiger charge is 2.39. The molecule has 0 saturated heterocycles. The van der Waals surface area contributed by atoms with Gasteiger partial charge in [0.15, 0.2) is 5.69 Å². The van der Waals surface area contributed by atoms with Gasteiger partial charge in [-0.3, -0.25) is 4.79 Å². The van der Waals surface area contributed by atoms with Crippen molar-refractivity contribution in [1.82, 2.24) is 10.3 Å². The number of aromatic nitrogens is 1. The molecule has 0 unspecified atom stereocenters. The number of thiazole rings is 1. The number of halogens is 4. The molecule has 0 radical (unpaired) electrons. The molecule has 0 aliphatic rings. The Morgan fingerprint density at radius 1 is 1.21 bits per heavy atom. The van der Waals surface area contributed by atoms with E-state index in [1.165, 1.54) is 6.92 Å². The van der Waals surface area contributed by atoms with Crippen molar-refractivity contribution < 1.29 is 18.0 Å². The molecule has 2 aromatic rings. The van der Waals surface area contributed by atoms with Crippen LogP contribution >= 0.6 is 22.9 Å². The van der Waals surface area contributed by atoms with Crippen LogP contribution in [0.2, 0.25) is 5.02 Å². The van der Waals surface area contributed by atoms with Crippen LogP contribution < -0.4 is 5.32 Å². The molecule has 0 fully saturated rings. The van der Waals surface area contributed by atoms with Crippen molar-refractivity contribution in [2.75, 3.05) is 0 Å². The summed E-state index contributed by atoms with van der Waals surface area (Å²) in [4.78, 5) is 15.2. The first-order chi connectivity index (χ1) is 11.1. The molecule has 1 aromatic heterocycles. The van der Waals surface area contributed by atoms with Crippen molar-refractivity contribution in [2.45, 2.75) is 26.9 Å². The van der Waals surface area contributed by atoms with E-state index in [0.717, 1.165) is 22.5 Å².